The van der Waals surface area contributed by atoms with Crippen molar-refractivity contribution in [2.45, 2.75) is 38.6 Å². The van der Waals surface area contributed by atoms with E-state index >= 15 is 0 Å². The van der Waals surface area contributed by atoms with Crippen molar-refractivity contribution < 1.29 is 23.4 Å². The highest BCUT2D eigenvalue weighted by Crippen LogP contribution is 2.26. The predicted molar refractivity (Wildman–Crippen MR) is 74.2 cm³/mol. The molecule has 1 aromatic rings. The van der Waals surface area contributed by atoms with Gasteiger partial charge in [0.25, 0.3) is 0 Å². The van der Waals surface area contributed by atoms with Gasteiger partial charge in [-0.25, -0.2) is 8.42 Å². The highest BCUT2D eigenvalue weighted by molar-refractivity contribution is 7.89. The Morgan fingerprint density at radius 1 is 1.20 bits per heavy atom. The molecule has 1 aromatic carbocycles. The Kier molecular flexibility index (Phi) is 4.90. The van der Waals surface area contributed by atoms with Gasteiger partial charge < -0.3 is 10.2 Å². The number of nitrogens with one attached hydrogen (secondary N) is 1. The van der Waals surface area contributed by atoms with E-state index in [1.807, 2.05) is 10.8 Å². The smallest absolute Gasteiger partial charge is 0.324 e. The molecule has 0 radical (unpaired) electrons. The van der Waals surface area contributed by atoms with Crippen LogP contribution in [0.15, 0.2) is 11.0 Å². The van der Waals surface area contributed by atoms with Crippen LogP contribution < -0.4 is 4.72 Å². The van der Waals surface area contributed by atoms with E-state index in [1.54, 1.807) is 27.7 Å². The fourth-order valence-electron chi connectivity index (χ4n) is 2.00. The molecule has 20 heavy (non-hydrogen) atoms. The maximum absolute atomic E-state index is 12.4. The van der Waals surface area contributed by atoms with Crippen LogP contribution in [0.25, 0.3) is 0 Å². The van der Waals surface area contributed by atoms with E-state index in [0.717, 1.165) is 11.1 Å². The molecule has 0 aliphatic heterocycles. The molecule has 0 saturated heterocycles. The minimum absolute atomic E-state index is 0.0784. The molecule has 7 heteroatoms. The first-order chi connectivity index (χ1) is 9.11. The largest absolute Gasteiger partial charge is 0.480 e. The van der Waals surface area contributed by atoms with Crippen molar-refractivity contribution in [1.29, 1.82) is 0 Å². The lowest BCUT2D eigenvalue weighted by atomic mass is 10.0. The number of carbonyl (C=O) groups is 1. The van der Waals surface area contributed by atoms with E-state index in [4.69, 9.17) is 10.2 Å². The van der Waals surface area contributed by atoms with Crippen LogP contribution in [-0.2, 0) is 14.8 Å². The van der Waals surface area contributed by atoms with E-state index < -0.39 is 28.6 Å². The quantitative estimate of drug-likeness (QED) is 0.740. The molecule has 1 rings (SSSR count). The number of aryl methyl sites for hydroxylation is 2. The van der Waals surface area contributed by atoms with Crippen molar-refractivity contribution in [2.24, 2.45) is 0 Å². The Hall–Kier alpha value is -1.44. The average Bonchev–Trinajstić information content (AvgIpc) is 2.33. The molecule has 0 bridgehead atoms. The molecule has 0 unspecified atom stereocenters. The average molecular weight is 301 g/mol. The summed E-state index contributed by atoms with van der Waals surface area (Å²) in [5.41, 5.74) is 2.76. The van der Waals surface area contributed by atoms with E-state index in [-0.39, 0.29) is 4.90 Å². The summed E-state index contributed by atoms with van der Waals surface area (Å²) in [6, 6.07) is 0.323. The van der Waals surface area contributed by atoms with Gasteiger partial charge in [0, 0.05) is 0 Å². The molecule has 0 spiro atoms. The fourth-order valence-corrected chi connectivity index (χ4v) is 3.79. The van der Waals surface area contributed by atoms with Gasteiger partial charge in [0.15, 0.2) is 0 Å². The van der Waals surface area contributed by atoms with E-state index in [1.165, 1.54) is 0 Å². The number of carboxylic acid groups (broad SMARTS) is 1. The number of rotatable bonds is 5. The minimum Gasteiger partial charge on any atom is -0.480 e. The van der Waals surface area contributed by atoms with Crippen molar-refractivity contribution in [3.05, 3.63) is 28.3 Å². The van der Waals surface area contributed by atoms with Crippen LogP contribution >= 0.6 is 0 Å². The number of aliphatic hydroxyl groups is 1. The Bertz CT molecular complexity index is 610. The van der Waals surface area contributed by atoms with Crippen molar-refractivity contribution in [1.82, 2.24) is 4.72 Å². The molecule has 112 valence electrons. The Morgan fingerprint density at radius 3 is 2.00 bits per heavy atom. The van der Waals surface area contributed by atoms with Crippen molar-refractivity contribution in [3.63, 3.8) is 0 Å². The van der Waals surface area contributed by atoms with Crippen molar-refractivity contribution >= 4 is 16.0 Å². The Labute approximate surface area is 118 Å². The van der Waals surface area contributed by atoms with E-state index in [9.17, 15) is 13.2 Å². The standard InChI is InChI=1S/C13H19NO5S/c1-7-5-8(2)10(4)12(9(7)3)20(18,19)14-11(6-15)13(16)17/h5,11,14-15H,6H2,1-4H3,(H,16,17)/t11-/m1/s1. The molecule has 0 aliphatic rings. The maximum Gasteiger partial charge on any atom is 0.324 e. The van der Waals surface area contributed by atoms with Crippen molar-refractivity contribution in [2.75, 3.05) is 6.61 Å². The lowest BCUT2D eigenvalue weighted by Crippen LogP contribution is -2.43. The van der Waals surface area contributed by atoms with E-state index in [2.05, 4.69) is 0 Å². The normalized spacial score (nSPS) is 13.2. The second-order valence-corrected chi connectivity index (χ2v) is 6.43. The summed E-state index contributed by atoms with van der Waals surface area (Å²) in [5, 5.41) is 17.8. The second-order valence-electron chi connectivity index (χ2n) is 4.78. The number of aliphatic hydroxyl groups excluding tert-OH is 1. The summed E-state index contributed by atoms with van der Waals surface area (Å²) in [7, 11) is -4.01. The Balaban J connectivity index is 3.40. The fraction of sp³-hybridized carbons (Fsp3) is 0.462. The molecule has 6 nitrogen and oxygen atoms in total. The summed E-state index contributed by atoms with van der Waals surface area (Å²) < 4.78 is 26.8. The zero-order chi connectivity index (χ0) is 15.7. The first-order valence-electron chi connectivity index (χ1n) is 6.05. The molecular formula is C13H19NO5S. The van der Waals surface area contributed by atoms with E-state index in [0.29, 0.717) is 11.1 Å². The molecule has 0 saturated carbocycles. The third-order valence-corrected chi connectivity index (χ3v) is 5.09. The second kappa shape index (κ2) is 5.90. The molecule has 1 atom stereocenters. The van der Waals surface area contributed by atoms with Gasteiger partial charge >= 0.3 is 5.97 Å². The highest BCUT2D eigenvalue weighted by atomic mass is 32.2. The van der Waals surface area contributed by atoms with Crippen LogP contribution in [-0.4, -0.2) is 37.2 Å². The molecular weight excluding hydrogens is 282 g/mol. The van der Waals surface area contributed by atoms with Gasteiger partial charge in [-0.15, -0.1) is 0 Å². The maximum atomic E-state index is 12.4. The lowest BCUT2D eigenvalue weighted by Gasteiger charge is -2.18. The van der Waals surface area contributed by atoms with Gasteiger partial charge in [-0.1, -0.05) is 6.07 Å². The molecule has 0 fully saturated rings. The zero-order valence-corrected chi connectivity index (χ0v) is 12.7. The third kappa shape index (κ3) is 3.17. The van der Waals surface area contributed by atoms with Crippen LogP contribution in [0.2, 0.25) is 0 Å². The van der Waals surface area contributed by atoms with Gasteiger partial charge in [-0.3, -0.25) is 4.79 Å². The topological polar surface area (TPSA) is 104 Å². The summed E-state index contributed by atoms with van der Waals surface area (Å²) in [5.74, 6) is -1.42. The van der Waals surface area contributed by atoms with Gasteiger partial charge in [-0.2, -0.15) is 4.72 Å². The number of hydrogen-bond acceptors (Lipinski definition) is 4. The monoisotopic (exact) mass is 301 g/mol. The number of benzene rings is 1. The van der Waals surface area contributed by atoms with Crippen LogP contribution in [0.5, 0.6) is 0 Å². The molecule has 0 amide bonds. The first-order valence-corrected chi connectivity index (χ1v) is 7.53. The molecule has 0 heterocycles. The SMILES string of the molecule is Cc1cc(C)c(C)c(S(=O)(=O)N[C@H](CO)C(=O)O)c1C. The number of hydrogen-bond donors (Lipinski definition) is 3. The first kappa shape index (κ1) is 16.6. The Morgan fingerprint density at radius 2 is 1.65 bits per heavy atom. The number of aliphatic carboxylic acids is 1. The highest BCUT2D eigenvalue weighted by Gasteiger charge is 2.28. The van der Waals surface area contributed by atoms with Crippen molar-refractivity contribution in [3.8, 4) is 0 Å². The third-order valence-electron chi connectivity index (χ3n) is 3.34. The van der Waals surface area contributed by atoms with Crippen LogP contribution in [0, 0.1) is 27.7 Å². The summed E-state index contributed by atoms with van der Waals surface area (Å²) in [4.78, 5) is 10.9. The molecule has 3 N–H and O–H groups in total. The van der Waals surface area contributed by atoms with Gasteiger partial charge in [0.1, 0.15) is 6.04 Å². The summed E-state index contributed by atoms with van der Waals surface area (Å²) in [6.07, 6.45) is 0. The zero-order valence-electron chi connectivity index (χ0n) is 11.9. The summed E-state index contributed by atoms with van der Waals surface area (Å²) >= 11 is 0. The molecule has 0 aliphatic carbocycles. The predicted octanol–water partition coefficient (Wildman–Crippen LogP) is 0.644. The lowest BCUT2D eigenvalue weighted by molar-refractivity contribution is -0.139. The minimum atomic E-state index is -4.01. The molecule has 0 aromatic heterocycles. The van der Waals surface area contributed by atoms with Crippen LogP contribution in [0.1, 0.15) is 22.3 Å². The van der Waals surface area contributed by atoms with Crippen LogP contribution in [0.4, 0.5) is 0 Å². The number of sulfonamides is 1. The van der Waals surface area contributed by atoms with Gasteiger partial charge in [0.2, 0.25) is 10.0 Å². The van der Waals surface area contributed by atoms with Gasteiger partial charge in [-0.05, 0) is 49.9 Å². The number of carboxylic acids is 1. The van der Waals surface area contributed by atoms with Crippen LogP contribution in [0.3, 0.4) is 0 Å². The summed E-state index contributed by atoms with van der Waals surface area (Å²) in [6.45, 7) is 6.12. The van der Waals surface area contributed by atoms with Gasteiger partial charge in [0.05, 0.1) is 11.5 Å².